The zero-order chi connectivity index (χ0) is 14.7. The monoisotopic (exact) mass is 280 g/mol. The molecule has 0 bridgehead atoms. The van der Waals surface area contributed by atoms with E-state index >= 15 is 0 Å². The number of rotatable bonds is 5. The van der Waals surface area contributed by atoms with Gasteiger partial charge in [0.1, 0.15) is 5.82 Å². The van der Waals surface area contributed by atoms with Gasteiger partial charge in [0, 0.05) is 6.04 Å². The molecule has 1 fully saturated rings. The third kappa shape index (κ3) is 2.89. The van der Waals surface area contributed by atoms with Crippen molar-refractivity contribution in [3.8, 4) is 0 Å². The molecule has 0 heterocycles. The fourth-order valence-electron chi connectivity index (χ4n) is 2.75. The number of aromatic carboxylic acids is 1. The molecule has 1 amide bonds. The first-order valence-corrected chi connectivity index (χ1v) is 6.57. The van der Waals surface area contributed by atoms with Crippen LogP contribution in [0, 0.1) is 5.82 Å². The molecule has 0 aromatic heterocycles. The number of hydrogen-bond donors (Lipinski definition) is 2. The minimum Gasteiger partial charge on any atom is -0.478 e. The second kappa shape index (κ2) is 5.90. The summed E-state index contributed by atoms with van der Waals surface area (Å²) in [6, 6.07) is 3.84. The molecule has 6 heteroatoms. The van der Waals surface area contributed by atoms with Crippen LogP contribution >= 0.6 is 0 Å². The second-order valence-corrected chi connectivity index (χ2v) is 4.97. The first-order valence-electron chi connectivity index (χ1n) is 6.57. The molecule has 2 rings (SSSR count). The molecule has 3 N–H and O–H groups in total. The standard InChI is InChI=1S/C14H17FN2O3/c15-11-7-3-6-10(14(19)20)13(11)17(8-12(16)18)9-4-1-2-5-9/h3,6-7,9H,1-2,4-5,8H2,(H2,16,18)(H,19,20). The third-order valence-electron chi connectivity index (χ3n) is 3.60. The molecule has 0 radical (unpaired) electrons. The van der Waals surface area contributed by atoms with Gasteiger partial charge in [0.05, 0.1) is 17.8 Å². The summed E-state index contributed by atoms with van der Waals surface area (Å²) in [6.07, 6.45) is 3.58. The van der Waals surface area contributed by atoms with E-state index in [0.717, 1.165) is 25.7 Å². The normalized spacial score (nSPS) is 15.2. The molecule has 1 aliphatic rings. The molecule has 20 heavy (non-hydrogen) atoms. The van der Waals surface area contributed by atoms with Gasteiger partial charge in [-0.1, -0.05) is 18.9 Å². The zero-order valence-corrected chi connectivity index (χ0v) is 11.0. The van der Waals surface area contributed by atoms with E-state index < -0.39 is 17.7 Å². The number of nitrogens with zero attached hydrogens (tertiary/aromatic N) is 1. The zero-order valence-electron chi connectivity index (χ0n) is 11.0. The molecule has 1 saturated carbocycles. The van der Waals surface area contributed by atoms with Crippen LogP contribution in [-0.2, 0) is 4.79 Å². The van der Waals surface area contributed by atoms with Gasteiger partial charge in [-0.2, -0.15) is 0 Å². The van der Waals surface area contributed by atoms with Crippen LogP contribution in [0.15, 0.2) is 18.2 Å². The lowest BCUT2D eigenvalue weighted by Gasteiger charge is -2.31. The van der Waals surface area contributed by atoms with Gasteiger partial charge in [0.2, 0.25) is 5.91 Å². The molecular formula is C14H17FN2O3. The quantitative estimate of drug-likeness (QED) is 0.860. The first-order chi connectivity index (χ1) is 9.50. The van der Waals surface area contributed by atoms with Crippen LogP contribution in [0.3, 0.4) is 0 Å². The highest BCUT2D eigenvalue weighted by Crippen LogP contribution is 2.32. The molecule has 1 aliphatic carbocycles. The number of para-hydroxylation sites is 1. The Bertz CT molecular complexity index is 527. The van der Waals surface area contributed by atoms with Gasteiger partial charge >= 0.3 is 5.97 Å². The van der Waals surface area contributed by atoms with Crippen molar-refractivity contribution >= 4 is 17.6 Å². The predicted molar refractivity (Wildman–Crippen MR) is 72.2 cm³/mol. The van der Waals surface area contributed by atoms with E-state index in [1.807, 2.05) is 0 Å². The first kappa shape index (κ1) is 14.3. The number of primary amides is 1. The summed E-state index contributed by atoms with van der Waals surface area (Å²) in [5.74, 6) is -2.46. The molecule has 108 valence electrons. The van der Waals surface area contributed by atoms with Crippen LogP contribution in [0.4, 0.5) is 10.1 Å². The Morgan fingerprint density at radius 1 is 1.35 bits per heavy atom. The fraction of sp³-hybridized carbons (Fsp3) is 0.429. The molecule has 0 saturated heterocycles. The molecule has 0 atom stereocenters. The lowest BCUT2D eigenvalue weighted by Crippen LogP contribution is -2.41. The summed E-state index contributed by atoms with van der Waals surface area (Å²) in [7, 11) is 0. The van der Waals surface area contributed by atoms with Crippen molar-refractivity contribution in [1.29, 1.82) is 0 Å². The smallest absolute Gasteiger partial charge is 0.337 e. The van der Waals surface area contributed by atoms with Crippen LogP contribution < -0.4 is 10.6 Å². The van der Waals surface area contributed by atoms with Crippen LogP contribution in [0.1, 0.15) is 36.0 Å². The van der Waals surface area contributed by atoms with Gasteiger partial charge < -0.3 is 15.7 Å². The van der Waals surface area contributed by atoms with Gasteiger partial charge in [-0.25, -0.2) is 9.18 Å². The van der Waals surface area contributed by atoms with Crippen LogP contribution in [0.2, 0.25) is 0 Å². The lowest BCUT2D eigenvalue weighted by atomic mass is 10.1. The van der Waals surface area contributed by atoms with Crippen molar-refractivity contribution in [1.82, 2.24) is 0 Å². The molecule has 1 aromatic carbocycles. The van der Waals surface area contributed by atoms with E-state index in [1.54, 1.807) is 0 Å². The van der Waals surface area contributed by atoms with Crippen molar-refractivity contribution in [2.75, 3.05) is 11.4 Å². The van der Waals surface area contributed by atoms with E-state index in [-0.39, 0.29) is 23.8 Å². The lowest BCUT2D eigenvalue weighted by molar-refractivity contribution is -0.116. The molecular weight excluding hydrogens is 263 g/mol. The fourth-order valence-corrected chi connectivity index (χ4v) is 2.75. The SMILES string of the molecule is NC(=O)CN(c1c(F)cccc1C(=O)O)C1CCCC1. The Morgan fingerprint density at radius 2 is 2.00 bits per heavy atom. The highest BCUT2D eigenvalue weighted by atomic mass is 19.1. The maximum Gasteiger partial charge on any atom is 0.337 e. The number of hydrogen-bond acceptors (Lipinski definition) is 3. The Labute approximate surface area is 116 Å². The summed E-state index contributed by atoms with van der Waals surface area (Å²) in [4.78, 5) is 24.0. The molecule has 5 nitrogen and oxygen atoms in total. The largest absolute Gasteiger partial charge is 0.478 e. The van der Waals surface area contributed by atoms with Gasteiger partial charge in [0.25, 0.3) is 0 Å². The van der Waals surface area contributed by atoms with E-state index in [2.05, 4.69) is 0 Å². The number of anilines is 1. The number of carboxylic acid groups (broad SMARTS) is 1. The highest BCUT2D eigenvalue weighted by molar-refractivity contribution is 5.95. The summed E-state index contributed by atoms with van der Waals surface area (Å²) in [6.45, 7) is -0.175. The summed E-state index contributed by atoms with van der Waals surface area (Å²) in [5.41, 5.74) is 5.05. The van der Waals surface area contributed by atoms with Crippen LogP contribution in [0.5, 0.6) is 0 Å². The van der Waals surface area contributed by atoms with Crippen molar-refractivity contribution in [3.05, 3.63) is 29.6 Å². The summed E-state index contributed by atoms with van der Waals surface area (Å²) in [5, 5.41) is 9.21. The van der Waals surface area contributed by atoms with Gasteiger partial charge in [-0.15, -0.1) is 0 Å². The Kier molecular flexibility index (Phi) is 4.22. The highest BCUT2D eigenvalue weighted by Gasteiger charge is 2.29. The summed E-state index contributed by atoms with van der Waals surface area (Å²) >= 11 is 0. The van der Waals surface area contributed by atoms with Crippen molar-refractivity contribution in [3.63, 3.8) is 0 Å². The summed E-state index contributed by atoms with van der Waals surface area (Å²) < 4.78 is 14.1. The topological polar surface area (TPSA) is 83.6 Å². The Balaban J connectivity index is 2.46. The number of carboxylic acids is 1. The molecule has 0 aliphatic heterocycles. The maximum absolute atomic E-state index is 14.1. The second-order valence-electron chi connectivity index (χ2n) is 4.97. The molecule has 0 spiro atoms. The number of amides is 1. The maximum atomic E-state index is 14.1. The Hall–Kier alpha value is -2.11. The van der Waals surface area contributed by atoms with E-state index in [9.17, 15) is 19.1 Å². The minimum absolute atomic E-state index is 0.0364. The average molecular weight is 280 g/mol. The van der Waals surface area contributed by atoms with E-state index in [1.165, 1.54) is 23.1 Å². The van der Waals surface area contributed by atoms with Crippen LogP contribution in [-0.4, -0.2) is 29.6 Å². The average Bonchev–Trinajstić information content (AvgIpc) is 2.89. The number of nitrogens with two attached hydrogens (primary N) is 1. The third-order valence-corrected chi connectivity index (χ3v) is 3.60. The van der Waals surface area contributed by atoms with E-state index in [0.29, 0.717) is 0 Å². The predicted octanol–water partition coefficient (Wildman–Crippen LogP) is 1.76. The van der Waals surface area contributed by atoms with Crippen molar-refractivity contribution in [2.45, 2.75) is 31.7 Å². The number of benzene rings is 1. The van der Waals surface area contributed by atoms with Crippen LogP contribution in [0.25, 0.3) is 0 Å². The number of carbonyl (C=O) groups excluding carboxylic acids is 1. The number of carbonyl (C=O) groups is 2. The van der Waals surface area contributed by atoms with Crippen molar-refractivity contribution in [2.24, 2.45) is 5.73 Å². The van der Waals surface area contributed by atoms with Gasteiger partial charge in [-0.05, 0) is 25.0 Å². The van der Waals surface area contributed by atoms with Gasteiger partial charge in [-0.3, -0.25) is 4.79 Å². The van der Waals surface area contributed by atoms with E-state index in [4.69, 9.17) is 5.73 Å². The number of halogens is 1. The molecule has 0 unspecified atom stereocenters. The Morgan fingerprint density at radius 3 is 2.55 bits per heavy atom. The van der Waals surface area contributed by atoms with Gasteiger partial charge in [0.15, 0.2) is 0 Å². The minimum atomic E-state index is -1.22. The van der Waals surface area contributed by atoms with Crippen molar-refractivity contribution < 1.29 is 19.1 Å². The molecule has 1 aromatic rings.